The monoisotopic (exact) mass is 338 g/mol. The van der Waals surface area contributed by atoms with Gasteiger partial charge >= 0.3 is 0 Å². The Balaban J connectivity index is 0.00000192. The second-order valence-electron chi connectivity index (χ2n) is 6.78. The van der Waals surface area contributed by atoms with Crippen molar-refractivity contribution in [1.82, 2.24) is 14.9 Å². The summed E-state index contributed by atoms with van der Waals surface area (Å²) in [6, 6.07) is 0.150. The highest BCUT2D eigenvalue weighted by Gasteiger charge is 2.42. The van der Waals surface area contributed by atoms with Gasteiger partial charge in [0.1, 0.15) is 5.82 Å². The lowest BCUT2D eigenvalue weighted by molar-refractivity contribution is -0.129. The summed E-state index contributed by atoms with van der Waals surface area (Å²) in [5.74, 6) is 2.27. The van der Waals surface area contributed by atoms with Crippen molar-refractivity contribution in [1.29, 1.82) is 0 Å². The van der Waals surface area contributed by atoms with Crippen molar-refractivity contribution < 1.29 is 4.79 Å². The fourth-order valence-corrected chi connectivity index (χ4v) is 3.57. The maximum absolute atomic E-state index is 12.6. The quantitative estimate of drug-likeness (QED) is 0.908. The van der Waals surface area contributed by atoms with Gasteiger partial charge in [0.05, 0.1) is 6.42 Å². The molecule has 1 amide bonds. The first-order chi connectivity index (χ1) is 10.5. The smallest absolute Gasteiger partial charge is 0.227 e. The third kappa shape index (κ3) is 3.83. The molecule has 1 aromatic rings. The molecule has 1 saturated heterocycles. The second-order valence-corrected chi connectivity index (χ2v) is 6.78. The Morgan fingerprint density at radius 1 is 1.22 bits per heavy atom. The van der Waals surface area contributed by atoms with Crippen LogP contribution in [0.3, 0.4) is 0 Å². The third-order valence-corrected chi connectivity index (χ3v) is 5.10. The number of hydrogen-bond acceptors (Lipinski definition) is 4. The van der Waals surface area contributed by atoms with Crippen molar-refractivity contribution in [3.8, 4) is 0 Å². The molecule has 2 atom stereocenters. The molecule has 2 N–H and O–H groups in total. The van der Waals surface area contributed by atoms with E-state index in [2.05, 4.69) is 9.97 Å². The number of nitrogens with two attached hydrogens (primary N) is 1. The van der Waals surface area contributed by atoms with Crippen molar-refractivity contribution in [3.05, 3.63) is 22.8 Å². The van der Waals surface area contributed by atoms with Crippen LogP contribution >= 0.6 is 12.4 Å². The van der Waals surface area contributed by atoms with E-state index in [4.69, 9.17) is 5.73 Å². The minimum absolute atomic E-state index is 0. The number of nitrogens with zero attached hydrogens (tertiary/aromatic N) is 3. The van der Waals surface area contributed by atoms with E-state index in [0.29, 0.717) is 18.9 Å². The van der Waals surface area contributed by atoms with Crippen molar-refractivity contribution in [2.75, 3.05) is 13.1 Å². The van der Waals surface area contributed by atoms with Gasteiger partial charge in [-0.25, -0.2) is 9.97 Å². The van der Waals surface area contributed by atoms with Gasteiger partial charge in [0.25, 0.3) is 0 Å². The van der Waals surface area contributed by atoms with Gasteiger partial charge in [0.15, 0.2) is 0 Å². The fraction of sp³-hybridized carbons (Fsp3) is 0.706. The van der Waals surface area contributed by atoms with Gasteiger partial charge in [-0.15, -0.1) is 12.4 Å². The zero-order valence-corrected chi connectivity index (χ0v) is 15.0. The molecule has 0 radical (unpaired) electrons. The van der Waals surface area contributed by atoms with Crippen LogP contribution in [0.1, 0.15) is 42.5 Å². The van der Waals surface area contributed by atoms with E-state index >= 15 is 0 Å². The maximum atomic E-state index is 12.6. The molecule has 0 spiro atoms. The summed E-state index contributed by atoms with van der Waals surface area (Å²) in [7, 11) is 0. The molecule has 1 aromatic heterocycles. The van der Waals surface area contributed by atoms with E-state index in [9.17, 15) is 4.79 Å². The highest BCUT2D eigenvalue weighted by atomic mass is 35.5. The van der Waals surface area contributed by atoms with Gasteiger partial charge in [-0.2, -0.15) is 0 Å². The summed E-state index contributed by atoms with van der Waals surface area (Å²) in [5.41, 5.74) is 9.06. The SMILES string of the molecule is CCc1nc(C)c(CC(=O)N2C[C@@H](N)[C@H](C3CC3)C2)c(C)n1.Cl. The highest BCUT2D eigenvalue weighted by Crippen LogP contribution is 2.40. The van der Waals surface area contributed by atoms with E-state index in [-0.39, 0.29) is 24.4 Å². The Kier molecular flexibility index (Phi) is 5.63. The number of carbonyl (C=O) groups excluding carboxylic acids is 1. The molecular weight excluding hydrogens is 312 g/mol. The molecule has 0 unspecified atom stereocenters. The number of aryl methyl sites for hydroxylation is 3. The third-order valence-electron chi connectivity index (χ3n) is 5.10. The number of carbonyl (C=O) groups is 1. The minimum atomic E-state index is 0. The van der Waals surface area contributed by atoms with Crippen LogP contribution in [0.4, 0.5) is 0 Å². The number of aromatic nitrogens is 2. The van der Waals surface area contributed by atoms with Crippen molar-refractivity contribution in [2.45, 2.75) is 52.5 Å². The van der Waals surface area contributed by atoms with E-state index in [1.54, 1.807) is 0 Å². The maximum Gasteiger partial charge on any atom is 0.227 e. The van der Waals surface area contributed by atoms with Gasteiger partial charge in [0, 0.05) is 42.5 Å². The van der Waals surface area contributed by atoms with Crippen molar-refractivity contribution in [2.24, 2.45) is 17.6 Å². The summed E-state index contributed by atoms with van der Waals surface area (Å²) in [5, 5.41) is 0. The molecule has 0 aromatic carbocycles. The van der Waals surface area contributed by atoms with Crippen LogP contribution in [-0.2, 0) is 17.6 Å². The van der Waals surface area contributed by atoms with E-state index in [1.165, 1.54) is 12.8 Å². The van der Waals surface area contributed by atoms with Gasteiger partial charge < -0.3 is 10.6 Å². The predicted molar refractivity (Wildman–Crippen MR) is 92.6 cm³/mol. The average molecular weight is 339 g/mol. The molecule has 2 fully saturated rings. The fourth-order valence-electron chi connectivity index (χ4n) is 3.57. The molecule has 5 nitrogen and oxygen atoms in total. The first kappa shape index (κ1) is 18.1. The summed E-state index contributed by atoms with van der Waals surface area (Å²) in [6.07, 6.45) is 3.78. The first-order valence-corrected chi connectivity index (χ1v) is 8.36. The molecule has 1 saturated carbocycles. The molecule has 23 heavy (non-hydrogen) atoms. The van der Waals surface area contributed by atoms with Crippen LogP contribution in [0.15, 0.2) is 0 Å². The molecule has 2 aliphatic rings. The van der Waals surface area contributed by atoms with Gasteiger partial charge in [-0.3, -0.25) is 4.79 Å². The molecule has 2 heterocycles. The predicted octanol–water partition coefficient (Wildman–Crippen LogP) is 1.82. The summed E-state index contributed by atoms with van der Waals surface area (Å²) in [6.45, 7) is 7.52. The van der Waals surface area contributed by atoms with Gasteiger partial charge in [-0.1, -0.05) is 6.92 Å². The highest BCUT2D eigenvalue weighted by molar-refractivity contribution is 5.85. The number of amides is 1. The van der Waals surface area contributed by atoms with Gasteiger partial charge in [0.2, 0.25) is 5.91 Å². The lowest BCUT2D eigenvalue weighted by Gasteiger charge is -2.18. The van der Waals surface area contributed by atoms with Gasteiger partial charge in [-0.05, 0) is 38.5 Å². The molecule has 3 rings (SSSR count). The minimum Gasteiger partial charge on any atom is -0.340 e. The number of rotatable bonds is 4. The lowest BCUT2D eigenvalue weighted by atomic mass is 9.99. The van der Waals surface area contributed by atoms with Crippen LogP contribution < -0.4 is 5.73 Å². The average Bonchev–Trinajstić information content (AvgIpc) is 3.25. The number of hydrogen-bond donors (Lipinski definition) is 1. The molecule has 1 aliphatic carbocycles. The summed E-state index contributed by atoms with van der Waals surface area (Å²) < 4.78 is 0. The normalized spacial score (nSPS) is 23.7. The van der Waals surface area contributed by atoms with Crippen LogP contribution in [0.25, 0.3) is 0 Å². The zero-order valence-electron chi connectivity index (χ0n) is 14.2. The van der Waals surface area contributed by atoms with E-state index in [0.717, 1.165) is 41.7 Å². The molecule has 0 bridgehead atoms. The van der Waals surface area contributed by atoms with Crippen molar-refractivity contribution in [3.63, 3.8) is 0 Å². The second kappa shape index (κ2) is 7.14. The Bertz CT molecular complexity index is 565. The molecule has 1 aliphatic heterocycles. The topological polar surface area (TPSA) is 72.1 Å². The van der Waals surface area contributed by atoms with E-state index < -0.39 is 0 Å². The Hall–Kier alpha value is -1.20. The first-order valence-electron chi connectivity index (χ1n) is 8.36. The summed E-state index contributed by atoms with van der Waals surface area (Å²) >= 11 is 0. The molecular formula is C17H27ClN4O. The summed E-state index contributed by atoms with van der Waals surface area (Å²) in [4.78, 5) is 23.6. The van der Waals surface area contributed by atoms with E-state index in [1.807, 2.05) is 25.7 Å². The van der Waals surface area contributed by atoms with Crippen LogP contribution in [0.5, 0.6) is 0 Å². The Labute approximate surface area is 144 Å². The Morgan fingerprint density at radius 3 is 2.35 bits per heavy atom. The largest absolute Gasteiger partial charge is 0.340 e. The van der Waals surface area contributed by atoms with Crippen LogP contribution in [0, 0.1) is 25.7 Å². The van der Waals surface area contributed by atoms with Crippen LogP contribution in [0.2, 0.25) is 0 Å². The number of halogens is 1. The zero-order chi connectivity index (χ0) is 15.9. The van der Waals surface area contributed by atoms with Crippen molar-refractivity contribution >= 4 is 18.3 Å². The van der Waals surface area contributed by atoms with Crippen LogP contribution in [-0.4, -0.2) is 39.9 Å². The molecule has 6 heteroatoms. The number of likely N-dealkylation sites (tertiary alicyclic amines) is 1. The standard InChI is InChI=1S/C17H26N4O.ClH/c1-4-16-19-10(2)13(11(3)20-16)7-17(22)21-8-14(12-5-6-12)15(18)9-21;/h12,14-15H,4-9,18H2,1-3H3;1H/t14-,15+;/m0./s1. The lowest BCUT2D eigenvalue weighted by Crippen LogP contribution is -2.33. The molecule has 128 valence electrons. The Morgan fingerprint density at radius 2 is 1.83 bits per heavy atom.